The molecular weight excluding hydrogens is 408 g/mol. The second kappa shape index (κ2) is 11.6. The van der Waals surface area contributed by atoms with Crippen LogP contribution in [-0.4, -0.2) is 54.1 Å². The Hall–Kier alpha value is -2.19. The van der Waals surface area contributed by atoms with Gasteiger partial charge in [-0.25, -0.2) is 0 Å². The summed E-state index contributed by atoms with van der Waals surface area (Å²) < 4.78 is 5.71. The fraction of sp³-hybridized carbons (Fsp3) is 0.708. The highest BCUT2D eigenvalue weighted by molar-refractivity contribution is 5.76. The number of rotatable bonds is 10. The van der Waals surface area contributed by atoms with Gasteiger partial charge in [-0.1, -0.05) is 19.9 Å². The number of esters is 1. The number of anilines is 1. The van der Waals surface area contributed by atoms with Crippen molar-refractivity contribution in [3.8, 4) is 0 Å². The quantitative estimate of drug-likeness (QED) is 0.317. The number of likely N-dealkylation sites (tertiary alicyclic amines) is 1. The molecule has 2 N–H and O–H groups in total. The number of hydrogen-bond acceptors (Lipinski definition) is 7. The van der Waals surface area contributed by atoms with Gasteiger partial charge >= 0.3 is 5.97 Å². The van der Waals surface area contributed by atoms with Crippen LogP contribution in [-0.2, 0) is 16.1 Å². The van der Waals surface area contributed by atoms with Crippen molar-refractivity contribution in [2.75, 3.05) is 25.5 Å². The van der Waals surface area contributed by atoms with Crippen molar-refractivity contribution in [2.45, 2.75) is 83.5 Å². The Morgan fingerprint density at radius 2 is 1.91 bits per heavy atom. The molecule has 1 aromatic carbocycles. The Bertz CT molecular complexity index is 771. The maximum atomic E-state index is 12.7. The molecule has 0 bridgehead atoms. The molecule has 1 aliphatic heterocycles. The van der Waals surface area contributed by atoms with Crippen LogP contribution in [0.15, 0.2) is 18.2 Å². The van der Waals surface area contributed by atoms with E-state index in [1.807, 2.05) is 6.07 Å². The molecule has 1 saturated carbocycles. The third-order valence-corrected chi connectivity index (χ3v) is 6.47. The van der Waals surface area contributed by atoms with E-state index in [1.165, 1.54) is 0 Å². The number of carbonyl (C=O) groups is 1. The van der Waals surface area contributed by atoms with Crippen molar-refractivity contribution in [2.24, 2.45) is 5.92 Å². The molecular formula is C24H38N4O4. The first-order chi connectivity index (χ1) is 15.3. The van der Waals surface area contributed by atoms with Crippen molar-refractivity contribution in [1.29, 1.82) is 0 Å². The smallest absolute Gasteiger partial charge is 0.323 e. The summed E-state index contributed by atoms with van der Waals surface area (Å²) in [5.41, 5.74) is 1.43. The van der Waals surface area contributed by atoms with E-state index in [0.717, 1.165) is 57.2 Å². The van der Waals surface area contributed by atoms with Crippen molar-refractivity contribution >= 4 is 17.3 Å². The lowest BCUT2D eigenvalue weighted by atomic mass is 10.0. The second-order valence-corrected chi connectivity index (χ2v) is 9.74. The average molecular weight is 447 g/mol. The summed E-state index contributed by atoms with van der Waals surface area (Å²) in [4.78, 5) is 26.4. The number of nitrogens with zero attached hydrogens (tertiary/aromatic N) is 2. The molecule has 0 aromatic heterocycles. The van der Waals surface area contributed by atoms with Crippen LogP contribution in [0.4, 0.5) is 11.4 Å². The first-order valence-corrected chi connectivity index (χ1v) is 12.0. The van der Waals surface area contributed by atoms with E-state index in [9.17, 15) is 14.9 Å². The molecule has 8 nitrogen and oxygen atoms in total. The highest BCUT2D eigenvalue weighted by Crippen LogP contribution is 2.28. The molecule has 1 aromatic rings. The lowest BCUT2D eigenvalue weighted by Crippen LogP contribution is -2.40. The highest BCUT2D eigenvalue weighted by Gasteiger charge is 2.26. The van der Waals surface area contributed by atoms with E-state index in [4.69, 9.17) is 4.74 Å². The van der Waals surface area contributed by atoms with Gasteiger partial charge in [0, 0.05) is 18.7 Å². The summed E-state index contributed by atoms with van der Waals surface area (Å²) in [5.74, 6) is 0.125. The lowest BCUT2D eigenvalue weighted by molar-refractivity contribution is -0.384. The molecule has 1 atom stereocenters. The Morgan fingerprint density at radius 3 is 2.53 bits per heavy atom. The number of ether oxygens (including phenoxy) is 1. The molecule has 2 aliphatic rings. The van der Waals surface area contributed by atoms with Gasteiger partial charge in [0.25, 0.3) is 5.69 Å². The Balaban J connectivity index is 1.63. The van der Waals surface area contributed by atoms with Crippen LogP contribution >= 0.6 is 0 Å². The summed E-state index contributed by atoms with van der Waals surface area (Å²) in [6.07, 6.45) is 6.75. The van der Waals surface area contributed by atoms with E-state index >= 15 is 0 Å². The zero-order chi connectivity index (χ0) is 23.1. The number of nitro benzene ring substituents is 1. The summed E-state index contributed by atoms with van der Waals surface area (Å²) in [5, 5.41) is 18.4. The molecule has 32 heavy (non-hydrogen) atoms. The van der Waals surface area contributed by atoms with Gasteiger partial charge in [-0.15, -0.1) is 0 Å². The van der Waals surface area contributed by atoms with Gasteiger partial charge in [-0.05, 0) is 82.6 Å². The van der Waals surface area contributed by atoms with Crippen LogP contribution in [0.3, 0.4) is 0 Å². The number of hydrogen-bond donors (Lipinski definition) is 2. The zero-order valence-corrected chi connectivity index (χ0v) is 19.6. The van der Waals surface area contributed by atoms with Crippen molar-refractivity contribution in [3.05, 3.63) is 33.9 Å². The SMILES string of the molecule is CC(C)C[C@H](NCc1ccc(NC2CCN(C)CC2)c([N+](=O)[O-])c1)C(=O)OC1CCCC1. The van der Waals surface area contributed by atoms with Gasteiger partial charge in [-0.2, -0.15) is 0 Å². The number of benzene rings is 1. The molecule has 8 heteroatoms. The maximum Gasteiger partial charge on any atom is 0.323 e. The summed E-state index contributed by atoms with van der Waals surface area (Å²) in [6.45, 7) is 6.51. The highest BCUT2D eigenvalue weighted by atomic mass is 16.6. The number of nitro groups is 1. The van der Waals surface area contributed by atoms with Gasteiger partial charge in [0.2, 0.25) is 0 Å². The van der Waals surface area contributed by atoms with Crippen molar-refractivity contribution < 1.29 is 14.5 Å². The Kier molecular flexibility index (Phi) is 8.87. The van der Waals surface area contributed by atoms with Crippen LogP contribution in [0.25, 0.3) is 0 Å². The predicted octanol–water partition coefficient (Wildman–Crippen LogP) is 4.09. The zero-order valence-electron chi connectivity index (χ0n) is 19.6. The van der Waals surface area contributed by atoms with Gasteiger partial charge in [0.1, 0.15) is 17.8 Å². The first kappa shape index (κ1) is 24.5. The van der Waals surface area contributed by atoms with Crippen LogP contribution < -0.4 is 10.6 Å². The van der Waals surface area contributed by atoms with Crippen molar-refractivity contribution in [1.82, 2.24) is 10.2 Å². The second-order valence-electron chi connectivity index (χ2n) is 9.74. The van der Waals surface area contributed by atoms with Crippen LogP contribution in [0.2, 0.25) is 0 Å². The number of piperidine rings is 1. The third kappa shape index (κ3) is 7.17. The molecule has 1 heterocycles. The summed E-state index contributed by atoms with van der Waals surface area (Å²) >= 11 is 0. The topological polar surface area (TPSA) is 96.7 Å². The van der Waals surface area contributed by atoms with Crippen LogP contribution in [0.1, 0.15) is 64.4 Å². The standard InChI is InChI=1S/C24H38N4O4/c1-17(2)14-22(24(29)32-20-6-4-5-7-20)25-16-18-8-9-21(23(15-18)28(30)31)26-19-10-12-27(3)13-11-19/h8-9,15,17,19-20,22,25-26H,4-7,10-14,16H2,1-3H3/t22-/m0/s1. The van der Waals surface area contributed by atoms with Crippen LogP contribution in [0, 0.1) is 16.0 Å². The Morgan fingerprint density at radius 1 is 1.22 bits per heavy atom. The molecule has 1 aliphatic carbocycles. The van der Waals surface area contributed by atoms with E-state index in [1.54, 1.807) is 12.1 Å². The molecule has 178 valence electrons. The largest absolute Gasteiger partial charge is 0.461 e. The molecule has 0 unspecified atom stereocenters. The minimum Gasteiger partial charge on any atom is -0.461 e. The molecule has 1 saturated heterocycles. The van der Waals surface area contributed by atoms with Gasteiger partial charge in [0.15, 0.2) is 0 Å². The number of carbonyl (C=O) groups excluding carboxylic acids is 1. The maximum absolute atomic E-state index is 12.7. The fourth-order valence-electron chi connectivity index (χ4n) is 4.56. The van der Waals surface area contributed by atoms with E-state index in [0.29, 0.717) is 24.6 Å². The minimum absolute atomic E-state index is 0.0324. The lowest BCUT2D eigenvalue weighted by Gasteiger charge is -2.30. The van der Waals surface area contributed by atoms with Gasteiger partial charge in [0.05, 0.1) is 4.92 Å². The predicted molar refractivity (Wildman–Crippen MR) is 126 cm³/mol. The monoisotopic (exact) mass is 446 g/mol. The normalized spacial score (nSPS) is 19.2. The van der Waals surface area contributed by atoms with Gasteiger partial charge < -0.3 is 20.3 Å². The fourth-order valence-corrected chi connectivity index (χ4v) is 4.56. The third-order valence-electron chi connectivity index (χ3n) is 6.47. The summed E-state index contributed by atoms with van der Waals surface area (Å²) in [6, 6.07) is 5.13. The van der Waals surface area contributed by atoms with E-state index in [-0.39, 0.29) is 28.7 Å². The van der Waals surface area contributed by atoms with Gasteiger partial charge in [-0.3, -0.25) is 14.9 Å². The first-order valence-electron chi connectivity index (χ1n) is 12.0. The molecule has 2 fully saturated rings. The van der Waals surface area contributed by atoms with E-state index in [2.05, 4.69) is 36.4 Å². The van der Waals surface area contributed by atoms with Crippen molar-refractivity contribution in [3.63, 3.8) is 0 Å². The Labute approximate surface area is 191 Å². The molecule has 0 radical (unpaired) electrons. The minimum atomic E-state index is -0.410. The molecule has 3 rings (SSSR count). The van der Waals surface area contributed by atoms with E-state index < -0.39 is 6.04 Å². The van der Waals surface area contributed by atoms with Crippen LogP contribution in [0.5, 0.6) is 0 Å². The molecule has 0 spiro atoms. The summed E-state index contributed by atoms with van der Waals surface area (Å²) in [7, 11) is 2.09. The number of nitrogens with one attached hydrogen (secondary N) is 2. The average Bonchev–Trinajstić information content (AvgIpc) is 3.26. The molecule has 0 amide bonds.